The number of aliphatic hydroxyl groups is 1. The van der Waals surface area contributed by atoms with Crippen LogP contribution < -0.4 is 10.1 Å². The molecule has 108 valence electrons. The minimum Gasteiger partial charge on any atom is -0.494 e. The van der Waals surface area contributed by atoms with E-state index in [-0.39, 0.29) is 0 Å². The molecule has 20 heavy (non-hydrogen) atoms. The number of hydrogen-bond donors (Lipinski definition) is 2. The minimum absolute atomic E-state index is 0.504. The third-order valence-corrected chi connectivity index (χ3v) is 3.88. The van der Waals surface area contributed by atoms with Crippen LogP contribution in [0.25, 0.3) is 0 Å². The quantitative estimate of drug-likeness (QED) is 0.823. The molecule has 4 heteroatoms. The van der Waals surface area contributed by atoms with Crippen molar-refractivity contribution < 1.29 is 9.84 Å². The van der Waals surface area contributed by atoms with E-state index in [2.05, 4.69) is 5.32 Å². The molecule has 1 aromatic heterocycles. The van der Waals surface area contributed by atoms with Crippen molar-refractivity contribution in [2.75, 3.05) is 13.2 Å². The molecule has 0 saturated heterocycles. The number of para-hydroxylation sites is 1. The standard InChI is InChI=1S/C16H21NO2S/c1-3-19-15-7-5-4-6-13(15)10-17-12-16(2,18)14-8-9-20-11-14/h4-9,11,17-18H,3,10,12H2,1-2H3. The van der Waals surface area contributed by atoms with E-state index in [0.29, 0.717) is 19.7 Å². The summed E-state index contributed by atoms with van der Waals surface area (Å²) in [5.41, 5.74) is 1.21. The molecule has 2 rings (SSSR count). The van der Waals surface area contributed by atoms with Crippen LogP contribution in [0, 0.1) is 0 Å². The fourth-order valence-electron chi connectivity index (χ4n) is 2.06. The Morgan fingerprint density at radius 1 is 1.30 bits per heavy atom. The summed E-state index contributed by atoms with van der Waals surface area (Å²) in [6, 6.07) is 9.93. The number of rotatable bonds is 7. The highest BCUT2D eigenvalue weighted by molar-refractivity contribution is 7.08. The van der Waals surface area contributed by atoms with Crippen molar-refractivity contribution in [2.45, 2.75) is 26.0 Å². The zero-order valence-electron chi connectivity index (χ0n) is 11.9. The molecule has 2 aromatic rings. The molecule has 1 atom stereocenters. The summed E-state index contributed by atoms with van der Waals surface area (Å²) in [7, 11) is 0. The lowest BCUT2D eigenvalue weighted by Gasteiger charge is -2.23. The second kappa shape index (κ2) is 6.88. The molecule has 0 amide bonds. The van der Waals surface area contributed by atoms with Gasteiger partial charge in [0.05, 0.1) is 12.2 Å². The van der Waals surface area contributed by atoms with E-state index in [9.17, 15) is 5.11 Å². The molecule has 1 aromatic carbocycles. The molecule has 0 bridgehead atoms. The predicted molar refractivity (Wildman–Crippen MR) is 83.2 cm³/mol. The van der Waals surface area contributed by atoms with Gasteiger partial charge in [0.2, 0.25) is 0 Å². The Morgan fingerprint density at radius 2 is 2.10 bits per heavy atom. The summed E-state index contributed by atoms with van der Waals surface area (Å²) in [4.78, 5) is 0. The number of ether oxygens (including phenoxy) is 1. The van der Waals surface area contributed by atoms with Crippen LogP contribution in [0.1, 0.15) is 25.0 Å². The van der Waals surface area contributed by atoms with Crippen LogP contribution in [-0.2, 0) is 12.1 Å². The summed E-state index contributed by atoms with van der Waals surface area (Å²) in [6.45, 7) is 5.65. The maximum absolute atomic E-state index is 10.4. The molecule has 1 unspecified atom stereocenters. The van der Waals surface area contributed by atoms with E-state index < -0.39 is 5.60 Å². The Hall–Kier alpha value is -1.36. The number of thiophene rings is 1. The Bertz CT molecular complexity index is 523. The topological polar surface area (TPSA) is 41.5 Å². The van der Waals surface area contributed by atoms with E-state index in [4.69, 9.17) is 4.74 Å². The Labute approximate surface area is 124 Å². The minimum atomic E-state index is -0.847. The van der Waals surface area contributed by atoms with Gasteiger partial charge >= 0.3 is 0 Å². The first-order valence-electron chi connectivity index (χ1n) is 6.80. The van der Waals surface area contributed by atoms with Gasteiger partial charge in [-0.05, 0) is 42.3 Å². The van der Waals surface area contributed by atoms with Gasteiger partial charge in [-0.3, -0.25) is 0 Å². The first kappa shape index (κ1) is 15.0. The van der Waals surface area contributed by atoms with Crippen LogP contribution in [0.3, 0.4) is 0 Å². The molecule has 0 aliphatic carbocycles. The van der Waals surface area contributed by atoms with Gasteiger partial charge in [-0.2, -0.15) is 11.3 Å². The maximum atomic E-state index is 10.4. The van der Waals surface area contributed by atoms with Gasteiger partial charge in [0.1, 0.15) is 5.75 Å². The Morgan fingerprint density at radius 3 is 2.80 bits per heavy atom. The molecule has 1 heterocycles. The lowest BCUT2D eigenvalue weighted by atomic mass is 9.99. The average Bonchev–Trinajstić information content (AvgIpc) is 2.96. The first-order chi connectivity index (χ1) is 9.63. The van der Waals surface area contributed by atoms with E-state index >= 15 is 0 Å². The van der Waals surface area contributed by atoms with E-state index in [0.717, 1.165) is 16.9 Å². The van der Waals surface area contributed by atoms with Gasteiger partial charge in [-0.1, -0.05) is 18.2 Å². The number of nitrogens with one attached hydrogen (secondary N) is 1. The van der Waals surface area contributed by atoms with E-state index in [1.54, 1.807) is 11.3 Å². The highest BCUT2D eigenvalue weighted by atomic mass is 32.1. The summed E-state index contributed by atoms with van der Waals surface area (Å²) in [6.07, 6.45) is 0. The van der Waals surface area contributed by atoms with Crippen molar-refractivity contribution >= 4 is 11.3 Å². The highest BCUT2D eigenvalue weighted by Gasteiger charge is 2.22. The zero-order chi connectivity index (χ0) is 14.4. The summed E-state index contributed by atoms with van der Waals surface area (Å²) < 4.78 is 5.59. The Kier molecular flexibility index (Phi) is 5.17. The van der Waals surface area contributed by atoms with Crippen molar-refractivity contribution in [1.82, 2.24) is 5.32 Å². The highest BCUT2D eigenvalue weighted by Crippen LogP contribution is 2.23. The van der Waals surface area contributed by atoms with Gasteiger partial charge < -0.3 is 15.2 Å². The third kappa shape index (κ3) is 3.82. The summed E-state index contributed by atoms with van der Waals surface area (Å²) >= 11 is 1.60. The molecule has 0 saturated carbocycles. The largest absolute Gasteiger partial charge is 0.494 e. The Balaban J connectivity index is 1.93. The van der Waals surface area contributed by atoms with Crippen molar-refractivity contribution in [1.29, 1.82) is 0 Å². The van der Waals surface area contributed by atoms with Crippen molar-refractivity contribution in [3.05, 3.63) is 52.2 Å². The monoisotopic (exact) mass is 291 g/mol. The molecule has 0 fully saturated rings. The first-order valence-corrected chi connectivity index (χ1v) is 7.74. The van der Waals surface area contributed by atoms with Crippen LogP contribution in [0.5, 0.6) is 5.75 Å². The van der Waals surface area contributed by atoms with Crippen LogP contribution in [-0.4, -0.2) is 18.3 Å². The zero-order valence-corrected chi connectivity index (χ0v) is 12.7. The van der Waals surface area contributed by atoms with Gasteiger partial charge in [-0.25, -0.2) is 0 Å². The lowest BCUT2D eigenvalue weighted by Crippen LogP contribution is -2.34. The molecular formula is C16H21NO2S. The predicted octanol–water partition coefficient (Wildman–Crippen LogP) is 3.14. The molecular weight excluding hydrogens is 270 g/mol. The molecule has 0 aliphatic rings. The third-order valence-electron chi connectivity index (χ3n) is 3.20. The normalized spacial score (nSPS) is 13.9. The molecule has 0 spiro atoms. The van der Waals surface area contributed by atoms with Crippen LogP contribution in [0.2, 0.25) is 0 Å². The van der Waals surface area contributed by atoms with Crippen LogP contribution >= 0.6 is 11.3 Å². The van der Waals surface area contributed by atoms with E-state index in [1.165, 1.54) is 0 Å². The van der Waals surface area contributed by atoms with Gasteiger partial charge in [-0.15, -0.1) is 0 Å². The summed E-state index contributed by atoms with van der Waals surface area (Å²) in [5.74, 6) is 0.901. The average molecular weight is 291 g/mol. The fourth-order valence-corrected chi connectivity index (χ4v) is 2.84. The molecule has 3 nitrogen and oxygen atoms in total. The number of benzene rings is 1. The molecule has 0 radical (unpaired) electrons. The molecule has 0 aliphatic heterocycles. The second-order valence-electron chi connectivity index (χ2n) is 4.93. The maximum Gasteiger partial charge on any atom is 0.123 e. The van der Waals surface area contributed by atoms with Crippen LogP contribution in [0.15, 0.2) is 41.1 Å². The molecule has 2 N–H and O–H groups in total. The SMILES string of the molecule is CCOc1ccccc1CNCC(C)(O)c1ccsc1. The number of hydrogen-bond acceptors (Lipinski definition) is 4. The van der Waals surface area contributed by atoms with Crippen molar-refractivity contribution in [3.63, 3.8) is 0 Å². The lowest BCUT2D eigenvalue weighted by molar-refractivity contribution is 0.0570. The van der Waals surface area contributed by atoms with Crippen molar-refractivity contribution in [3.8, 4) is 5.75 Å². The van der Waals surface area contributed by atoms with Gasteiger partial charge in [0, 0.05) is 18.7 Å². The van der Waals surface area contributed by atoms with Crippen LogP contribution in [0.4, 0.5) is 0 Å². The van der Waals surface area contributed by atoms with Gasteiger partial charge in [0.25, 0.3) is 0 Å². The van der Waals surface area contributed by atoms with E-state index in [1.807, 2.05) is 54.9 Å². The van der Waals surface area contributed by atoms with Crippen molar-refractivity contribution in [2.24, 2.45) is 0 Å². The second-order valence-corrected chi connectivity index (χ2v) is 5.71. The van der Waals surface area contributed by atoms with Gasteiger partial charge in [0.15, 0.2) is 0 Å². The smallest absolute Gasteiger partial charge is 0.123 e. The summed E-state index contributed by atoms with van der Waals surface area (Å²) in [5, 5.41) is 17.7. The fraction of sp³-hybridized carbons (Fsp3) is 0.375.